The van der Waals surface area contributed by atoms with Gasteiger partial charge >= 0.3 is 0 Å². The monoisotopic (exact) mass is 1630 g/mol. The fraction of sp³-hybridized carbons (Fsp3) is 0.303. The van der Waals surface area contributed by atoms with E-state index >= 15 is 0 Å². The minimum atomic E-state index is 0.406. The van der Waals surface area contributed by atoms with Gasteiger partial charge in [-0.15, -0.1) is 0 Å². The van der Waals surface area contributed by atoms with Crippen LogP contribution in [0.3, 0.4) is 0 Å². The van der Waals surface area contributed by atoms with Gasteiger partial charge in [-0.05, 0) is 121 Å². The molecule has 0 unspecified atom stereocenters. The SMILES string of the molecule is CCn1c(-c2ccccc2)nc2cc(-c3nc(C4CC(N5CCN(C)CC5)C4)n4ccnc(N)c34)ccc21.CN1CCN(C2CC(c3nc(-c4ccc5c(c4)nc(-c4ccccc4)n5-c4ccccc4)c4c(N)nccn34)C2)CC1.CN1CCN(C2CC(c3nc(-c4ccc5c(c4)nc(-c4ccccc4)n5Cc4ccccc4)c4c(N)nccn34)C2)CC1. The number of rotatable bonds is 16. The zero-order valence-electron chi connectivity index (χ0n) is 70.3. The summed E-state index contributed by atoms with van der Waals surface area (Å²) in [7, 11) is 6.64. The predicted octanol–water partition coefficient (Wildman–Crippen LogP) is 15.5. The fourth-order valence-corrected chi connectivity index (χ4v) is 19.8. The van der Waals surface area contributed by atoms with Crippen LogP contribution in [0.1, 0.15) is 86.2 Å². The van der Waals surface area contributed by atoms with Crippen molar-refractivity contribution in [2.75, 3.05) is 117 Å². The summed E-state index contributed by atoms with van der Waals surface area (Å²) in [4.78, 5) is 59.7. The number of aryl methyl sites for hydroxylation is 1. The van der Waals surface area contributed by atoms with E-state index in [0.717, 1.165) is 271 Å². The maximum absolute atomic E-state index is 6.52. The Hall–Kier alpha value is -12.8. The molecule has 12 heterocycles. The average Bonchev–Trinajstić information content (AvgIpc) is 1.60. The molecule has 9 aromatic heterocycles. The normalized spacial score (nSPS) is 20.1. The third-order valence-electron chi connectivity index (χ3n) is 27.0. The second-order valence-electron chi connectivity index (χ2n) is 34.5. The van der Waals surface area contributed by atoms with Crippen molar-refractivity contribution in [1.82, 2.24) is 101 Å². The van der Waals surface area contributed by atoms with Gasteiger partial charge < -0.3 is 41.0 Å². The summed E-state index contributed by atoms with van der Waals surface area (Å²) in [6.07, 6.45) is 18.2. The molecule has 8 aromatic carbocycles. The molecule has 24 heteroatoms. The van der Waals surface area contributed by atoms with Crippen molar-refractivity contribution >= 4 is 67.1 Å². The Kier molecular flexibility index (Phi) is 20.7. The van der Waals surface area contributed by atoms with Gasteiger partial charge in [0.05, 0.1) is 33.1 Å². The molecule has 0 radical (unpaired) electrons. The summed E-state index contributed by atoms with van der Waals surface area (Å²) in [6.45, 7) is 17.6. The average molecular weight is 1630 g/mol. The van der Waals surface area contributed by atoms with Crippen LogP contribution in [-0.2, 0) is 13.1 Å². The first-order chi connectivity index (χ1) is 60.4. The van der Waals surface area contributed by atoms with Crippen LogP contribution in [0, 0.1) is 0 Å². The molecule has 6 N–H and O–H groups in total. The van der Waals surface area contributed by atoms with E-state index in [4.69, 9.17) is 47.1 Å². The van der Waals surface area contributed by atoms with Gasteiger partial charge in [-0.25, -0.2) is 44.9 Å². The first-order valence-electron chi connectivity index (χ1n) is 43.8. The molecule has 24 nitrogen and oxygen atoms in total. The molecule has 0 spiro atoms. The lowest BCUT2D eigenvalue weighted by molar-refractivity contribution is 0.0586. The molecule has 620 valence electrons. The number of para-hydroxylation sites is 1. The number of hydrogen-bond donors (Lipinski definition) is 3. The zero-order valence-corrected chi connectivity index (χ0v) is 70.3. The number of fused-ring (bicyclic) bond motifs is 6. The quantitative estimate of drug-likeness (QED) is 0.0814. The zero-order chi connectivity index (χ0) is 82.9. The first-order valence-corrected chi connectivity index (χ1v) is 43.8. The van der Waals surface area contributed by atoms with Gasteiger partial charge in [0, 0.05) is 204 Å². The van der Waals surface area contributed by atoms with Crippen LogP contribution < -0.4 is 17.2 Å². The lowest BCUT2D eigenvalue weighted by atomic mass is 9.78. The Morgan fingerprint density at radius 2 is 0.642 bits per heavy atom. The molecule has 3 saturated heterocycles. The Bertz CT molecular complexity index is 6650. The highest BCUT2D eigenvalue weighted by molar-refractivity contribution is 5.95. The van der Waals surface area contributed by atoms with E-state index in [1.54, 1.807) is 18.6 Å². The highest BCUT2D eigenvalue weighted by atomic mass is 15.3. The lowest BCUT2D eigenvalue weighted by Crippen LogP contribution is -2.52. The molecule has 6 aliphatic rings. The van der Waals surface area contributed by atoms with Crippen LogP contribution in [0.5, 0.6) is 0 Å². The molecule has 0 atom stereocenters. The minimum Gasteiger partial charge on any atom is -0.382 e. The maximum atomic E-state index is 6.52. The van der Waals surface area contributed by atoms with E-state index in [9.17, 15) is 0 Å². The number of piperazine rings is 3. The van der Waals surface area contributed by atoms with Crippen LogP contribution in [0.15, 0.2) is 243 Å². The van der Waals surface area contributed by atoms with Crippen LogP contribution in [-0.4, -0.2) is 219 Å². The summed E-state index contributed by atoms with van der Waals surface area (Å²) in [5.74, 6) is 8.88. The molecule has 0 amide bonds. The Labute approximate surface area is 715 Å². The highest BCUT2D eigenvalue weighted by Gasteiger charge is 2.42. The summed E-state index contributed by atoms with van der Waals surface area (Å²) < 4.78 is 13.3. The van der Waals surface area contributed by atoms with E-state index in [1.807, 2.05) is 42.9 Å². The third-order valence-corrected chi connectivity index (χ3v) is 27.0. The third kappa shape index (κ3) is 14.7. The number of nitrogens with zero attached hydrogens (tertiary/aromatic N) is 21. The van der Waals surface area contributed by atoms with E-state index in [2.05, 4.69) is 281 Å². The van der Waals surface area contributed by atoms with Gasteiger partial charge in [0.2, 0.25) is 0 Å². The number of likely N-dealkylation sites (N-methyl/N-ethyl adjacent to an activating group) is 3. The number of benzene rings is 8. The maximum Gasteiger partial charge on any atom is 0.150 e. The van der Waals surface area contributed by atoms with E-state index in [0.29, 0.717) is 53.3 Å². The van der Waals surface area contributed by atoms with Crippen molar-refractivity contribution in [3.05, 3.63) is 266 Å². The number of nitrogen functional groups attached to an aromatic ring is 3. The van der Waals surface area contributed by atoms with Gasteiger partial charge in [0.15, 0.2) is 0 Å². The Balaban J connectivity index is 0.000000114. The molecule has 3 aliphatic carbocycles. The number of nitrogens with two attached hydrogens (primary N) is 3. The van der Waals surface area contributed by atoms with Gasteiger partial charge in [-0.2, -0.15) is 0 Å². The fourth-order valence-electron chi connectivity index (χ4n) is 19.8. The number of hydrogen-bond acceptors (Lipinski definition) is 18. The molecule has 123 heavy (non-hydrogen) atoms. The van der Waals surface area contributed by atoms with E-state index in [1.165, 1.54) is 5.56 Å². The van der Waals surface area contributed by atoms with Crippen LogP contribution in [0.4, 0.5) is 17.5 Å². The second-order valence-corrected chi connectivity index (χ2v) is 34.5. The van der Waals surface area contributed by atoms with E-state index < -0.39 is 0 Å². The highest BCUT2D eigenvalue weighted by Crippen LogP contribution is 2.47. The van der Waals surface area contributed by atoms with Crippen molar-refractivity contribution in [3.63, 3.8) is 0 Å². The number of imidazole rings is 6. The Morgan fingerprint density at radius 3 is 1.02 bits per heavy atom. The van der Waals surface area contributed by atoms with Crippen molar-refractivity contribution in [2.45, 2.75) is 94.4 Å². The smallest absolute Gasteiger partial charge is 0.150 e. The van der Waals surface area contributed by atoms with Crippen molar-refractivity contribution in [2.24, 2.45) is 0 Å². The van der Waals surface area contributed by atoms with E-state index in [-0.39, 0.29) is 0 Å². The predicted molar refractivity (Wildman–Crippen MR) is 492 cm³/mol. The molecule has 0 bridgehead atoms. The molecule has 3 saturated carbocycles. The molecule has 17 aromatic rings. The lowest BCUT2D eigenvalue weighted by Gasteiger charge is -2.45. The molecule has 3 aliphatic heterocycles. The van der Waals surface area contributed by atoms with Crippen LogP contribution >= 0.6 is 0 Å². The van der Waals surface area contributed by atoms with Gasteiger partial charge in [0.25, 0.3) is 0 Å². The van der Waals surface area contributed by atoms with Crippen LogP contribution in [0.2, 0.25) is 0 Å². The number of anilines is 3. The van der Waals surface area contributed by atoms with Crippen molar-refractivity contribution < 1.29 is 0 Å². The number of aromatic nitrogens is 15. The summed E-state index contributed by atoms with van der Waals surface area (Å²) in [5.41, 5.74) is 39.5. The first kappa shape index (κ1) is 77.5. The van der Waals surface area contributed by atoms with Crippen molar-refractivity contribution in [3.8, 4) is 73.6 Å². The Morgan fingerprint density at radius 1 is 0.325 bits per heavy atom. The second kappa shape index (κ2) is 32.9. The van der Waals surface area contributed by atoms with Gasteiger partial charge in [-0.3, -0.25) is 32.5 Å². The van der Waals surface area contributed by atoms with Crippen LogP contribution in [0.25, 0.3) is 123 Å². The molecular weight excluding hydrogens is 1530 g/mol. The summed E-state index contributed by atoms with van der Waals surface area (Å²) >= 11 is 0. The van der Waals surface area contributed by atoms with Gasteiger partial charge in [0.1, 0.15) is 86.0 Å². The summed E-state index contributed by atoms with van der Waals surface area (Å²) in [5, 5.41) is 0. The molecular formula is C99H104N24. The topological polar surface area (TPSA) is 242 Å². The summed E-state index contributed by atoms with van der Waals surface area (Å²) in [6, 6.07) is 73.5. The standard InChI is InChI=1S/C35H36N8.C34H34N8.C30H34N8/c1-40-16-18-41(19-17-40)28-20-27(21-28)35-39-31(32-33(36)37-14-15-42(32)35)26-12-13-30-29(22-26)38-34(25-10-6-3-7-11-25)43(30)23-24-8-4-2-5-9-24;1-39-16-18-40(19-17-39)27-20-25(21-27)33-38-30(31-32(35)36-14-15-41(31)33)24-12-13-29-28(22-24)37-34(23-8-4-2-5-9-23)42(29)26-10-6-3-7-11-26;1-3-37-25-10-9-21(19-24(25)33-29(37)20-7-5-4-6-8-20)26-27-28(31)32-11-12-38(27)30(34-26)22-17-23(18-22)36-15-13-35(2)14-16-36/h2-15,22,27-28H,16-21,23H2,1H3,(H2,36,37);2-15,22,25,27H,16-21H2,1H3,(H2,35,36);4-12,19,22-23H,3,13-18H2,1-2H3,(H2,31,32). The largest absolute Gasteiger partial charge is 0.382 e. The molecule has 23 rings (SSSR count). The van der Waals surface area contributed by atoms with Crippen molar-refractivity contribution in [1.29, 1.82) is 0 Å². The molecule has 6 fully saturated rings. The van der Waals surface area contributed by atoms with Gasteiger partial charge in [-0.1, -0.05) is 158 Å². The minimum absolute atomic E-state index is 0.406.